The molecule has 30 heavy (non-hydrogen) atoms. The Hall–Kier alpha value is -3.48. The average molecular weight is 404 g/mol. The number of nitrogens with one attached hydrogen (secondary N) is 1. The lowest BCUT2D eigenvalue weighted by Crippen LogP contribution is -2.46. The van der Waals surface area contributed by atoms with E-state index >= 15 is 0 Å². The van der Waals surface area contributed by atoms with Crippen LogP contribution in [-0.2, 0) is 4.74 Å². The lowest BCUT2D eigenvalue weighted by atomic mass is 9.99. The summed E-state index contributed by atoms with van der Waals surface area (Å²) >= 11 is 0. The maximum atomic E-state index is 13.4. The molecule has 1 N–H and O–H groups in total. The molecule has 2 heterocycles. The van der Waals surface area contributed by atoms with E-state index in [-0.39, 0.29) is 18.0 Å². The monoisotopic (exact) mass is 404 g/mol. The van der Waals surface area contributed by atoms with Gasteiger partial charge >= 0.3 is 6.09 Å². The van der Waals surface area contributed by atoms with E-state index in [4.69, 9.17) is 4.74 Å². The van der Waals surface area contributed by atoms with Crippen molar-refractivity contribution >= 4 is 22.9 Å². The number of hydrogen-bond acceptors (Lipinski definition) is 5. The highest BCUT2D eigenvalue weighted by Crippen LogP contribution is 2.27. The molecule has 0 spiro atoms. The fraction of sp³-hybridized carbons (Fsp3) is 0.304. The average Bonchev–Trinajstić information content (AvgIpc) is 2.79. The number of carbonyl (C=O) groups excluding carboxylic acids is 2. The van der Waals surface area contributed by atoms with Gasteiger partial charge in [-0.2, -0.15) is 0 Å². The number of likely N-dealkylation sites (tertiary alicyclic amines) is 1. The predicted molar refractivity (Wildman–Crippen MR) is 114 cm³/mol. The van der Waals surface area contributed by atoms with Gasteiger partial charge in [0.05, 0.1) is 17.7 Å². The summed E-state index contributed by atoms with van der Waals surface area (Å²) in [6.07, 6.45) is 1.07. The normalized spacial score (nSPS) is 14.5. The molecular formula is C23H24N4O3. The molecule has 4 rings (SSSR count). The zero-order valence-corrected chi connectivity index (χ0v) is 16.9. The molecule has 1 aliphatic rings. The van der Waals surface area contributed by atoms with Gasteiger partial charge in [-0.3, -0.25) is 4.79 Å². The van der Waals surface area contributed by atoms with E-state index in [0.29, 0.717) is 49.3 Å². The zero-order valence-electron chi connectivity index (χ0n) is 16.9. The summed E-state index contributed by atoms with van der Waals surface area (Å²) in [6, 6.07) is 17.1. The van der Waals surface area contributed by atoms with Crippen LogP contribution in [0.3, 0.4) is 0 Å². The first-order valence-electron chi connectivity index (χ1n) is 10.2. The Morgan fingerprint density at radius 3 is 2.47 bits per heavy atom. The minimum atomic E-state index is -0.294. The molecule has 2 amide bonds. The number of amides is 2. The molecular weight excluding hydrogens is 380 g/mol. The van der Waals surface area contributed by atoms with Crippen LogP contribution in [0.4, 0.5) is 4.79 Å². The molecule has 1 fully saturated rings. The number of ether oxygens (including phenoxy) is 1. The molecule has 0 radical (unpaired) electrons. The standard InChI is InChI=1S/C23H24N4O3/c1-2-30-23(29)27-14-12-17(13-15-27)24-22(28)20-18-10-6-7-11-19(18)25-26-21(20)16-8-4-3-5-9-16/h3-11,17H,2,12-15H2,1H3,(H,24,28). The van der Waals surface area contributed by atoms with Crippen LogP contribution < -0.4 is 5.32 Å². The summed E-state index contributed by atoms with van der Waals surface area (Å²) in [7, 11) is 0. The van der Waals surface area contributed by atoms with Crippen molar-refractivity contribution in [2.24, 2.45) is 0 Å². The van der Waals surface area contributed by atoms with Crippen LogP contribution in [0.1, 0.15) is 30.1 Å². The zero-order chi connectivity index (χ0) is 20.9. The Morgan fingerprint density at radius 2 is 1.73 bits per heavy atom. The highest BCUT2D eigenvalue weighted by molar-refractivity contribution is 6.10. The highest BCUT2D eigenvalue weighted by Gasteiger charge is 2.27. The fourth-order valence-electron chi connectivity index (χ4n) is 3.76. The Bertz CT molecular complexity index is 1050. The van der Waals surface area contributed by atoms with Crippen LogP contribution in [0.15, 0.2) is 54.6 Å². The van der Waals surface area contributed by atoms with Crippen molar-refractivity contribution in [1.29, 1.82) is 0 Å². The molecule has 0 atom stereocenters. The van der Waals surface area contributed by atoms with Crippen LogP contribution in [-0.4, -0.2) is 52.8 Å². The van der Waals surface area contributed by atoms with Crippen LogP contribution >= 0.6 is 0 Å². The number of fused-ring (bicyclic) bond motifs is 1. The van der Waals surface area contributed by atoms with Crippen molar-refractivity contribution in [1.82, 2.24) is 20.4 Å². The maximum absolute atomic E-state index is 13.4. The topological polar surface area (TPSA) is 84.4 Å². The van der Waals surface area contributed by atoms with Crippen LogP contribution in [0.2, 0.25) is 0 Å². The number of hydrogen-bond donors (Lipinski definition) is 1. The third-order valence-electron chi connectivity index (χ3n) is 5.30. The van der Waals surface area contributed by atoms with E-state index in [1.807, 2.05) is 54.6 Å². The summed E-state index contributed by atoms with van der Waals surface area (Å²) in [4.78, 5) is 26.9. The predicted octanol–water partition coefficient (Wildman–Crippen LogP) is 3.65. The van der Waals surface area contributed by atoms with Gasteiger partial charge in [-0.25, -0.2) is 4.79 Å². The van der Waals surface area contributed by atoms with Crippen LogP contribution in [0.5, 0.6) is 0 Å². The van der Waals surface area contributed by atoms with Gasteiger partial charge in [0.15, 0.2) is 0 Å². The van der Waals surface area contributed by atoms with Gasteiger partial charge in [0, 0.05) is 30.1 Å². The van der Waals surface area contributed by atoms with Crippen molar-refractivity contribution < 1.29 is 14.3 Å². The van der Waals surface area contributed by atoms with Crippen molar-refractivity contribution in [3.8, 4) is 11.3 Å². The van der Waals surface area contributed by atoms with Gasteiger partial charge < -0.3 is 15.0 Å². The summed E-state index contributed by atoms with van der Waals surface area (Å²) in [6.45, 7) is 3.28. The Balaban J connectivity index is 1.58. The molecule has 2 aromatic carbocycles. The van der Waals surface area contributed by atoms with Crippen molar-refractivity contribution in [3.63, 3.8) is 0 Å². The molecule has 1 aromatic heterocycles. The van der Waals surface area contributed by atoms with E-state index in [1.165, 1.54) is 0 Å². The first-order valence-corrected chi connectivity index (χ1v) is 10.2. The van der Waals surface area contributed by atoms with Crippen molar-refractivity contribution in [3.05, 3.63) is 60.2 Å². The first-order chi connectivity index (χ1) is 14.7. The second-order valence-corrected chi connectivity index (χ2v) is 7.24. The second-order valence-electron chi connectivity index (χ2n) is 7.24. The maximum Gasteiger partial charge on any atom is 0.409 e. The Kier molecular flexibility index (Phi) is 5.88. The SMILES string of the molecule is CCOC(=O)N1CCC(NC(=O)c2c(-c3ccccc3)nnc3ccccc23)CC1. The molecule has 1 saturated heterocycles. The summed E-state index contributed by atoms with van der Waals surface area (Å²) in [5.74, 6) is -0.172. The molecule has 0 aliphatic carbocycles. The van der Waals surface area contributed by atoms with E-state index in [0.717, 1.165) is 10.9 Å². The van der Waals surface area contributed by atoms with Crippen LogP contribution in [0, 0.1) is 0 Å². The number of nitrogens with zero attached hydrogens (tertiary/aromatic N) is 3. The smallest absolute Gasteiger partial charge is 0.409 e. The number of carbonyl (C=O) groups is 2. The van der Waals surface area contributed by atoms with Crippen molar-refractivity contribution in [2.75, 3.05) is 19.7 Å². The molecule has 0 saturated carbocycles. The van der Waals surface area contributed by atoms with Gasteiger partial charge in [0.1, 0.15) is 5.69 Å². The number of aromatic nitrogens is 2. The molecule has 7 nitrogen and oxygen atoms in total. The van der Waals surface area contributed by atoms with Gasteiger partial charge in [0.2, 0.25) is 0 Å². The third kappa shape index (κ3) is 4.10. The molecule has 0 bridgehead atoms. The largest absolute Gasteiger partial charge is 0.450 e. The van der Waals surface area contributed by atoms with Gasteiger partial charge in [-0.15, -0.1) is 10.2 Å². The molecule has 154 valence electrons. The van der Waals surface area contributed by atoms with E-state index < -0.39 is 0 Å². The lowest BCUT2D eigenvalue weighted by Gasteiger charge is -2.31. The lowest BCUT2D eigenvalue weighted by molar-refractivity contribution is 0.0861. The third-order valence-corrected chi connectivity index (χ3v) is 5.30. The van der Waals surface area contributed by atoms with Gasteiger partial charge in [0.25, 0.3) is 5.91 Å². The van der Waals surface area contributed by atoms with Gasteiger partial charge in [-0.05, 0) is 25.8 Å². The molecule has 3 aromatic rings. The molecule has 7 heteroatoms. The quantitative estimate of drug-likeness (QED) is 0.718. The minimum absolute atomic E-state index is 0.0151. The number of benzene rings is 2. The van der Waals surface area contributed by atoms with Gasteiger partial charge in [-0.1, -0.05) is 48.5 Å². The molecule has 1 aliphatic heterocycles. The highest BCUT2D eigenvalue weighted by atomic mass is 16.6. The Morgan fingerprint density at radius 1 is 1.03 bits per heavy atom. The van der Waals surface area contributed by atoms with Crippen LogP contribution in [0.25, 0.3) is 22.2 Å². The molecule has 0 unspecified atom stereocenters. The Labute approximate surface area is 175 Å². The number of piperidine rings is 1. The van der Waals surface area contributed by atoms with E-state index in [1.54, 1.807) is 11.8 Å². The number of rotatable bonds is 4. The van der Waals surface area contributed by atoms with E-state index in [2.05, 4.69) is 15.5 Å². The first kappa shape index (κ1) is 19.8. The summed E-state index contributed by atoms with van der Waals surface area (Å²) in [5.41, 5.74) is 2.62. The van der Waals surface area contributed by atoms with E-state index in [9.17, 15) is 9.59 Å². The minimum Gasteiger partial charge on any atom is -0.450 e. The second kappa shape index (κ2) is 8.90. The summed E-state index contributed by atoms with van der Waals surface area (Å²) in [5, 5.41) is 12.6. The van der Waals surface area contributed by atoms with Crippen molar-refractivity contribution in [2.45, 2.75) is 25.8 Å². The summed E-state index contributed by atoms with van der Waals surface area (Å²) < 4.78 is 5.06. The fourth-order valence-corrected chi connectivity index (χ4v) is 3.76.